The van der Waals surface area contributed by atoms with Gasteiger partial charge in [-0.15, -0.1) is 0 Å². The summed E-state index contributed by atoms with van der Waals surface area (Å²) in [5.41, 5.74) is 7.06. The van der Waals surface area contributed by atoms with E-state index in [-0.39, 0.29) is 29.2 Å². The zero-order chi connectivity index (χ0) is 15.8. The molecule has 0 aliphatic heterocycles. The molecule has 0 saturated heterocycles. The number of ketones is 1. The van der Waals surface area contributed by atoms with Crippen LogP contribution >= 0.6 is 11.6 Å². The number of benzene rings is 1. The molecule has 88 valence electrons. The van der Waals surface area contributed by atoms with Crippen molar-refractivity contribution in [3.05, 3.63) is 45.2 Å². The first kappa shape index (κ1) is 7.75. The highest BCUT2D eigenvalue weighted by Crippen LogP contribution is 2.41. The Labute approximate surface area is 110 Å². The number of hydrogen-bond acceptors (Lipinski definition) is 2. The molecule has 0 aromatic heterocycles. The highest BCUT2D eigenvalue weighted by Gasteiger charge is 2.41. The minimum Gasteiger partial charge on any atom is -0.299 e. The van der Waals surface area contributed by atoms with E-state index in [4.69, 9.17) is 22.6 Å². The molecular formula is C12H12ClN3O. The fourth-order valence-corrected chi connectivity index (χ4v) is 2.34. The van der Waals surface area contributed by atoms with Gasteiger partial charge >= 0.3 is 0 Å². The summed E-state index contributed by atoms with van der Waals surface area (Å²) in [4.78, 5) is 15.1. The van der Waals surface area contributed by atoms with Gasteiger partial charge in [0.2, 0.25) is 0 Å². The van der Waals surface area contributed by atoms with E-state index in [9.17, 15) is 4.79 Å². The summed E-state index contributed by atoms with van der Waals surface area (Å²) in [7, 11) is 0. The Balaban J connectivity index is 2.84. The number of azide groups is 1. The Morgan fingerprint density at radius 1 is 1.47 bits per heavy atom. The number of nitrogens with zero attached hydrogens (tertiary/aromatic N) is 3. The third-order valence-corrected chi connectivity index (χ3v) is 3.21. The van der Waals surface area contributed by atoms with Crippen molar-refractivity contribution < 1.29 is 10.3 Å². The van der Waals surface area contributed by atoms with Gasteiger partial charge in [0, 0.05) is 16.4 Å². The Bertz CT molecular complexity index is 646. The van der Waals surface area contributed by atoms with Gasteiger partial charge in [-0.1, -0.05) is 41.3 Å². The lowest BCUT2D eigenvalue weighted by molar-refractivity contribution is -0.126. The topological polar surface area (TPSA) is 65.8 Å². The predicted molar refractivity (Wildman–Crippen MR) is 65.8 cm³/mol. The summed E-state index contributed by atoms with van der Waals surface area (Å²) < 4.78 is 31.1. The van der Waals surface area contributed by atoms with E-state index in [2.05, 4.69) is 10.0 Å². The Hall–Kier alpha value is -1.51. The van der Waals surface area contributed by atoms with Crippen molar-refractivity contribution in [2.45, 2.75) is 31.2 Å². The Kier molecular flexibility index (Phi) is 2.18. The van der Waals surface area contributed by atoms with Crippen LogP contribution in [0, 0.1) is 0 Å². The third-order valence-electron chi connectivity index (χ3n) is 2.92. The number of halogens is 1. The van der Waals surface area contributed by atoms with Crippen molar-refractivity contribution in [2.24, 2.45) is 5.11 Å². The maximum absolute atomic E-state index is 12.3. The lowest BCUT2D eigenvalue weighted by Crippen LogP contribution is -2.36. The van der Waals surface area contributed by atoms with Crippen molar-refractivity contribution >= 4 is 17.4 Å². The average molecular weight is 254 g/mol. The van der Waals surface area contributed by atoms with Crippen LogP contribution in [0.15, 0.2) is 29.3 Å². The fraction of sp³-hybridized carbons (Fsp3) is 0.417. The van der Waals surface area contributed by atoms with Crippen molar-refractivity contribution in [1.82, 2.24) is 0 Å². The molecule has 1 aromatic carbocycles. The van der Waals surface area contributed by atoms with Crippen LogP contribution in [0.4, 0.5) is 0 Å². The molecule has 0 spiro atoms. The first-order valence-electron chi connectivity index (χ1n) is 7.22. The first-order valence-corrected chi connectivity index (χ1v) is 5.60. The van der Waals surface area contributed by atoms with E-state index in [0.29, 0.717) is 12.8 Å². The smallest absolute Gasteiger partial charge is 0.149 e. The number of carbonyl (C=O) groups is 1. The number of rotatable bonds is 2. The van der Waals surface area contributed by atoms with Gasteiger partial charge in [-0.3, -0.25) is 4.79 Å². The van der Waals surface area contributed by atoms with Gasteiger partial charge in [-0.05, 0) is 30.0 Å². The molecule has 5 heteroatoms. The fourth-order valence-electron chi connectivity index (χ4n) is 2.09. The maximum atomic E-state index is 12.3. The molecule has 17 heavy (non-hydrogen) atoms. The molecule has 1 aliphatic carbocycles. The first-order chi connectivity index (χ1) is 9.86. The van der Waals surface area contributed by atoms with Crippen LogP contribution in [0.2, 0.25) is 5.02 Å². The maximum Gasteiger partial charge on any atom is 0.149 e. The van der Waals surface area contributed by atoms with E-state index in [0.717, 1.165) is 0 Å². The Morgan fingerprint density at radius 2 is 2.24 bits per heavy atom. The molecule has 0 bridgehead atoms. The van der Waals surface area contributed by atoms with Gasteiger partial charge in [-0.2, -0.15) is 0 Å². The lowest BCUT2D eigenvalue weighted by Gasteiger charge is -2.32. The van der Waals surface area contributed by atoms with Crippen LogP contribution in [-0.2, 0) is 10.3 Å². The molecule has 1 saturated carbocycles. The summed E-state index contributed by atoms with van der Waals surface area (Å²) in [6.07, 6.45) is 1.66. The number of hydrogen-bond donors (Lipinski definition) is 0. The molecule has 1 aliphatic rings. The van der Waals surface area contributed by atoms with E-state index < -0.39 is 29.7 Å². The van der Waals surface area contributed by atoms with Gasteiger partial charge in [0.15, 0.2) is 0 Å². The van der Waals surface area contributed by atoms with Crippen LogP contribution in [-0.4, -0.2) is 5.78 Å². The molecule has 0 radical (unpaired) electrons. The van der Waals surface area contributed by atoms with Crippen molar-refractivity contribution in [1.29, 1.82) is 0 Å². The minimum absolute atomic E-state index is 0.113. The van der Waals surface area contributed by atoms with Crippen LogP contribution < -0.4 is 0 Å². The molecular weight excluding hydrogens is 238 g/mol. The number of Topliss-reactive ketones (excluding diaryl/α,β-unsaturated/α-hetero) is 1. The largest absolute Gasteiger partial charge is 0.299 e. The molecule has 0 amide bonds. The molecule has 0 N–H and O–H groups in total. The zero-order valence-electron chi connectivity index (χ0n) is 13.0. The van der Waals surface area contributed by atoms with Crippen molar-refractivity contribution in [3.63, 3.8) is 0 Å². The number of carbonyl (C=O) groups excluding carboxylic acids is 1. The monoisotopic (exact) mass is 253 g/mol. The highest BCUT2D eigenvalue weighted by atomic mass is 35.5. The van der Waals surface area contributed by atoms with E-state index >= 15 is 0 Å². The molecule has 1 aromatic rings. The minimum atomic E-state index is -1.64. The van der Waals surface area contributed by atoms with Gasteiger partial charge in [0.1, 0.15) is 11.3 Å². The highest BCUT2D eigenvalue weighted by molar-refractivity contribution is 6.31. The van der Waals surface area contributed by atoms with Gasteiger partial charge < -0.3 is 0 Å². The van der Waals surface area contributed by atoms with E-state index in [1.807, 2.05) is 0 Å². The Morgan fingerprint density at radius 3 is 2.94 bits per heavy atom. The quantitative estimate of drug-likeness (QED) is 0.446. The average Bonchev–Trinajstić information content (AvgIpc) is 2.46. The SMILES string of the molecule is [2H]c1c([2H])c([2H])c(C2(N=[N+]=[N-])CCCCC2=O)c(Cl)c1[2H]. The summed E-state index contributed by atoms with van der Waals surface area (Å²) >= 11 is 6.05. The van der Waals surface area contributed by atoms with Crippen molar-refractivity contribution in [2.75, 3.05) is 0 Å². The second-order valence-electron chi connectivity index (χ2n) is 3.87. The van der Waals surface area contributed by atoms with Gasteiger partial charge in [0.25, 0.3) is 0 Å². The molecule has 4 nitrogen and oxygen atoms in total. The molecule has 1 unspecified atom stereocenters. The van der Waals surface area contributed by atoms with Crippen LogP contribution in [0.3, 0.4) is 0 Å². The van der Waals surface area contributed by atoms with Crippen molar-refractivity contribution in [3.8, 4) is 0 Å². The second-order valence-corrected chi connectivity index (χ2v) is 4.25. The van der Waals surface area contributed by atoms with Gasteiger partial charge in [0.05, 0.1) is 5.48 Å². The van der Waals surface area contributed by atoms with E-state index in [1.54, 1.807) is 0 Å². The molecule has 1 fully saturated rings. The molecule has 0 heterocycles. The summed E-state index contributed by atoms with van der Waals surface area (Å²) in [5.74, 6) is -0.363. The lowest BCUT2D eigenvalue weighted by atomic mass is 9.76. The summed E-state index contributed by atoms with van der Waals surface area (Å²) in [6.45, 7) is 0. The van der Waals surface area contributed by atoms with Crippen LogP contribution in [0.1, 0.15) is 36.7 Å². The summed E-state index contributed by atoms with van der Waals surface area (Å²) in [5, 5.41) is 3.34. The molecule has 1 atom stereocenters. The predicted octanol–water partition coefficient (Wildman–Crippen LogP) is 3.99. The van der Waals surface area contributed by atoms with Crippen LogP contribution in [0.5, 0.6) is 0 Å². The van der Waals surface area contributed by atoms with Crippen LogP contribution in [0.25, 0.3) is 10.4 Å². The third kappa shape index (κ3) is 2.02. The van der Waals surface area contributed by atoms with E-state index in [1.165, 1.54) is 0 Å². The normalized spacial score (nSPS) is 27.5. The molecule has 2 rings (SSSR count). The van der Waals surface area contributed by atoms with Gasteiger partial charge in [-0.25, -0.2) is 0 Å². The second kappa shape index (κ2) is 4.78. The summed E-state index contributed by atoms with van der Waals surface area (Å²) in [6, 6.07) is -1.83. The standard InChI is InChI=1S/C12H12ClN3O/c13-10-6-2-1-5-9(10)12(15-16-14)8-4-3-7-11(12)17/h1-2,5-6H,3-4,7-8H2/i1D,2D,5D,6D. The zero-order valence-corrected chi connectivity index (χ0v) is 9.71.